The number of nitrogens with two attached hydrogens (primary N) is 2. The van der Waals surface area contributed by atoms with E-state index in [1.165, 1.54) is 51.4 Å². The van der Waals surface area contributed by atoms with E-state index < -0.39 is 17.6 Å². The topological polar surface area (TPSA) is 179 Å². The van der Waals surface area contributed by atoms with Crippen molar-refractivity contribution >= 4 is 29.1 Å². The minimum absolute atomic E-state index is 0.0200. The summed E-state index contributed by atoms with van der Waals surface area (Å²) in [7, 11) is 0. The number of carbonyl (C=O) groups excluding carboxylic acids is 2. The summed E-state index contributed by atoms with van der Waals surface area (Å²) >= 11 is 0. The molecule has 0 bridgehead atoms. The maximum Gasteiger partial charge on any atom is 0.323 e. The Balaban J connectivity index is 1.76. The maximum absolute atomic E-state index is 12.3. The number of hydrogen-bond acceptors (Lipinski definition) is 9. The second-order valence-electron chi connectivity index (χ2n) is 11.1. The SMILES string of the molecule is CCCCCCCCCCCCCC(=O)OCCC(COC(=O)[C@@H](N)C(C)C)Cc1nc2nc(N)[nH]c(=O)c2[nH]1. The molecule has 2 aromatic rings. The molecule has 0 aliphatic heterocycles. The Kier molecular flexibility index (Phi) is 15.3. The zero-order chi connectivity index (χ0) is 29.3. The molecule has 40 heavy (non-hydrogen) atoms. The van der Waals surface area contributed by atoms with Gasteiger partial charge in [0.15, 0.2) is 11.2 Å². The summed E-state index contributed by atoms with van der Waals surface area (Å²) in [6, 6.07) is -0.721. The first kappa shape index (κ1) is 33.3. The predicted molar refractivity (Wildman–Crippen MR) is 157 cm³/mol. The van der Waals surface area contributed by atoms with Gasteiger partial charge in [-0.1, -0.05) is 85.0 Å². The molecule has 11 heteroatoms. The lowest BCUT2D eigenvalue weighted by atomic mass is 10.0. The third-order valence-electron chi connectivity index (χ3n) is 7.14. The highest BCUT2D eigenvalue weighted by Gasteiger charge is 2.22. The Labute approximate surface area is 237 Å². The van der Waals surface area contributed by atoms with Gasteiger partial charge in [0, 0.05) is 18.8 Å². The molecule has 11 nitrogen and oxygen atoms in total. The van der Waals surface area contributed by atoms with Crippen LogP contribution in [0.4, 0.5) is 5.95 Å². The van der Waals surface area contributed by atoms with Crippen LogP contribution in [0.15, 0.2) is 4.79 Å². The lowest BCUT2D eigenvalue weighted by molar-refractivity contribution is -0.149. The zero-order valence-electron chi connectivity index (χ0n) is 24.6. The molecule has 2 atom stereocenters. The van der Waals surface area contributed by atoms with Gasteiger partial charge in [0.1, 0.15) is 11.9 Å². The molecule has 1 unspecified atom stereocenters. The molecule has 0 radical (unpaired) electrons. The second kappa shape index (κ2) is 18.4. The van der Waals surface area contributed by atoms with E-state index in [0.29, 0.717) is 25.1 Å². The summed E-state index contributed by atoms with van der Waals surface area (Å²) in [5.74, 6) is -0.489. The highest BCUT2D eigenvalue weighted by atomic mass is 16.5. The van der Waals surface area contributed by atoms with Gasteiger partial charge in [-0.25, -0.2) is 4.98 Å². The standard InChI is InChI=1S/C29H50N6O5/c1-4-5-6-7-8-9-10-11-12-13-14-15-23(36)39-17-16-21(19-40-28(38)24(30)20(2)3)18-22-32-25-26(33-22)34-29(31)35-27(25)37/h20-21,24H,4-19,30H2,1-3H3,(H4,31,32,33,34,35,37)/t21?,24-/m0/s1. The van der Waals surface area contributed by atoms with Crippen LogP contribution in [0.1, 0.15) is 110 Å². The van der Waals surface area contributed by atoms with Crippen molar-refractivity contribution in [1.82, 2.24) is 19.9 Å². The van der Waals surface area contributed by atoms with Gasteiger partial charge in [-0.2, -0.15) is 4.98 Å². The van der Waals surface area contributed by atoms with Crippen molar-refractivity contribution in [2.45, 2.75) is 117 Å². The van der Waals surface area contributed by atoms with Gasteiger partial charge in [0.25, 0.3) is 5.56 Å². The number of carbonyl (C=O) groups is 2. The maximum atomic E-state index is 12.3. The van der Waals surface area contributed by atoms with Gasteiger partial charge in [-0.3, -0.25) is 19.4 Å². The van der Waals surface area contributed by atoms with E-state index in [4.69, 9.17) is 20.9 Å². The van der Waals surface area contributed by atoms with Gasteiger partial charge < -0.3 is 25.9 Å². The third-order valence-corrected chi connectivity index (χ3v) is 7.14. The summed E-state index contributed by atoms with van der Waals surface area (Å²) in [5, 5.41) is 0. The molecule has 0 aliphatic carbocycles. The Bertz CT molecular complexity index is 1080. The van der Waals surface area contributed by atoms with Crippen molar-refractivity contribution in [1.29, 1.82) is 0 Å². The van der Waals surface area contributed by atoms with Crippen molar-refractivity contribution in [2.75, 3.05) is 18.9 Å². The molecule has 0 spiro atoms. The van der Waals surface area contributed by atoms with Crippen LogP contribution >= 0.6 is 0 Å². The monoisotopic (exact) mass is 562 g/mol. The fraction of sp³-hybridized carbons (Fsp3) is 0.759. The van der Waals surface area contributed by atoms with Gasteiger partial charge in [0.05, 0.1) is 13.2 Å². The van der Waals surface area contributed by atoms with Gasteiger partial charge >= 0.3 is 11.9 Å². The number of nitrogens with one attached hydrogen (secondary N) is 2. The molecule has 2 rings (SSSR count). The number of anilines is 1. The summed E-state index contributed by atoms with van der Waals surface area (Å²) in [4.78, 5) is 50.5. The number of aromatic nitrogens is 4. The highest BCUT2D eigenvalue weighted by molar-refractivity contribution is 5.75. The first-order valence-corrected chi connectivity index (χ1v) is 15.0. The van der Waals surface area contributed by atoms with Crippen LogP contribution < -0.4 is 17.0 Å². The minimum Gasteiger partial charge on any atom is -0.466 e. The Morgan fingerprint density at radius 1 is 0.900 bits per heavy atom. The lowest BCUT2D eigenvalue weighted by Crippen LogP contribution is -2.38. The molecular formula is C29H50N6O5. The van der Waals surface area contributed by atoms with Crippen LogP contribution in [-0.2, 0) is 25.5 Å². The Hall–Kier alpha value is -2.95. The van der Waals surface area contributed by atoms with Gasteiger partial charge in [-0.15, -0.1) is 0 Å². The molecule has 0 amide bonds. The van der Waals surface area contributed by atoms with Crippen LogP contribution in [0.3, 0.4) is 0 Å². The zero-order valence-corrected chi connectivity index (χ0v) is 24.6. The Morgan fingerprint density at radius 2 is 1.52 bits per heavy atom. The fourth-order valence-electron chi connectivity index (χ4n) is 4.50. The molecule has 0 saturated carbocycles. The number of nitrogens with zero attached hydrogens (tertiary/aromatic N) is 2. The van der Waals surface area contributed by atoms with E-state index >= 15 is 0 Å². The van der Waals surface area contributed by atoms with Crippen molar-refractivity contribution in [3.8, 4) is 0 Å². The van der Waals surface area contributed by atoms with E-state index in [2.05, 4.69) is 26.9 Å². The van der Waals surface area contributed by atoms with E-state index in [1.807, 2.05) is 13.8 Å². The molecule has 0 saturated heterocycles. The summed E-state index contributed by atoms with van der Waals surface area (Å²) in [6.45, 7) is 6.22. The fourth-order valence-corrected chi connectivity index (χ4v) is 4.50. The number of imidazole rings is 1. The number of nitrogen functional groups attached to an aromatic ring is 1. The lowest BCUT2D eigenvalue weighted by Gasteiger charge is -2.19. The van der Waals surface area contributed by atoms with E-state index in [0.717, 1.165) is 19.3 Å². The Morgan fingerprint density at radius 3 is 2.15 bits per heavy atom. The number of H-pyrrole nitrogens is 2. The molecular weight excluding hydrogens is 512 g/mol. The molecule has 2 heterocycles. The van der Waals surface area contributed by atoms with E-state index in [9.17, 15) is 14.4 Å². The van der Waals surface area contributed by atoms with Crippen LogP contribution in [-0.4, -0.2) is 51.1 Å². The highest BCUT2D eigenvalue weighted by Crippen LogP contribution is 2.16. The second-order valence-corrected chi connectivity index (χ2v) is 11.1. The van der Waals surface area contributed by atoms with Crippen LogP contribution in [0, 0.1) is 11.8 Å². The quantitative estimate of drug-likeness (QED) is 0.125. The average molecular weight is 563 g/mol. The molecule has 226 valence electrons. The first-order valence-electron chi connectivity index (χ1n) is 15.0. The van der Waals surface area contributed by atoms with Crippen LogP contribution in [0.5, 0.6) is 0 Å². The van der Waals surface area contributed by atoms with E-state index in [1.54, 1.807) is 0 Å². The number of aromatic amines is 2. The average Bonchev–Trinajstić information content (AvgIpc) is 3.32. The number of ether oxygens (including phenoxy) is 2. The first-order chi connectivity index (χ1) is 19.2. The number of fused-ring (bicyclic) bond motifs is 1. The molecule has 0 fully saturated rings. The molecule has 6 N–H and O–H groups in total. The van der Waals surface area contributed by atoms with Crippen molar-refractivity contribution in [2.24, 2.45) is 17.6 Å². The van der Waals surface area contributed by atoms with Crippen molar-refractivity contribution < 1.29 is 19.1 Å². The normalized spacial score (nSPS) is 13.0. The third kappa shape index (κ3) is 12.5. The summed E-state index contributed by atoms with van der Waals surface area (Å²) in [6.07, 6.45) is 14.7. The van der Waals surface area contributed by atoms with Crippen molar-refractivity contribution in [3.05, 3.63) is 16.2 Å². The molecule has 0 aromatic carbocycles. The molecule has 2 aromatic heterocycles. The summed E-state index contributed by atoms with van der Waals surface area (Å²) in [5.41, 5.74) is 11.6. The van der Waals surface area contributed by atoms with Gasteiger partial charge in [0.2, 0.25) is 5.95 Å². The minimum atomic E-state index is -0.721. The number of rotatable bonds is 21. The van der Waals surface area contributed by atoms with Crippen LogP contribution in [0.25, 0.3) is 11.2 Å². The van der Waals surface area contributed by atoms with Gasteiger partial charge in [-0.05, 0) is 18.8 Å². The number of unbranched alkanes of at least 4 members (excludes halogenated alkanes) is 10. The number of hydrogen-bond donors (Lipinski definition) is 4. The van der Waals surface area contributed by atoms with E-state index in [-0.39, 0.29) is 48.1 Å². The van der Waals surface area contributed by atoms with Crippen LogP contribution in [0.2, 0.25) is 0 Å². The molecule has 0 aliphatic rings. The number of esters is 2. The smallest absolute Gasteiger partial charge is 0.323 e. The summed E-state index contributed by atoms with van der Waals surface area (Å²) < 4.78 is 10.9. The predicted octanol–water partition coefficient (Wildman–Crippen LogP) is 4.55. The van der Waals surface area contributed by atoms with Crippen molar-refractivity contribution in [3.63, 3.8) is 0 Å². The largest absolute Gasteiger partial charge is 0.466 e.